The van der Waals surface area contributed by atoms with Gasteiger partial charge in [0.2, 0.25) is 0 Å². The summed E-state index contributed by atoms with van der Waals surface area (Å²) in [5.74, 6) is -0.983. The fraction of sp³-hybridized carbons (Fsp3) is 0.0556. The molecule has 0 spiro atoms. The van der Waals surface area contributed by atoms with Crippen molar-refractivity contribution in [3.05, 3.63) is 75.6 Å². The summed E-state index contributed by atoms with van der Waals surface area (Å²) in [5.41, 5.74) is 5.63. The first-order valence-corrected chi connectivity index (χ1v) is 7.30. The summed E-state index contributed by atoms with van der Waals surface area (Å²) in [6.07, 6.45) is 1.44. The molecule has 3 rings (SSSR count). The van der Waals surface area contributed by atoms with Crippen LogP contribution in [-0.4, -0.2) is 22.3 Å². The Morgan fingerprint density at radius 1 is 1.21 bits per heavy atom. The first-order chi connectivity index (χ1) is 11.5. The number of aromatic nitrogens is 1. The van der Waals surface area contributed by atoms with E-state index in [0.717, 1.165) is 16.5 Å². The lowest BCUT2D eigenvalue weighted by molar-refractivity contribution is 0.0697. The number of carboxylic acid groups (broad SMARTS) is 1. The minimum atomic E-state index is -0.983. The molecule has 3 aromatic rings. The molecule has 0 aliphatic carbocycles. The maximum Gasteiger partial charge on any atom is 0.335 e. The Bertz CT molecular complexity index is 989. The largest absolute Gasteiger partial charge is 0.478 e. The van der Waals surface area contributed by atoms with Crippen molar-refractivity contribution >= 4 is 28.8 Å². The lowest BCUT2D eigenvalue weighted by atomic mass is 10.1. The first-order valence-electron chi connectivity index (χ1n) is 7.30. The summed E-state index contributed by atoms with van der Waals surface area (Å²) in [7, 11) is 0. The van der Waals surface area contributed by atoms with Crippen LogP contribution in [0, 0.1) is 6.92 Å². The predicted octanol–water partition coefficient (Wildman–Crippen LogP) is 2.98. The molecule has 0 atom stereocenters. The molecule has 3 N–H and O–H groups in total. The van der Waals surface area contributed by atoms with Crippen LogP contribution in [0.2, 0.25) is 0 Å². The van der Waals surface area contributed by atoms with Crippen LogP contribution in [0.3, 0.4) is 0 Å². The molecule has 0 radical (unpaired) electrons. The third-order valence-electron chi connectivity index (χ3n) is 3.65. The lowest BCUT2D eigenvalue weighted by Crippen LogP contribution is -2.12. The van der Waals surface area contributed by atoms with E-state index in [1.54, 1.807) is 18.2 Å². The van der Waals surface area contributed by atoms with Crippen LogP contribution >= 0.6 is 0 Å². The zero-order valence-corrected chi connectivity index (χ0v) is 12.9. The van der Waals surface area contributed by atoms with E-state index in [0.29, 0.717) is 11.3 Å². The van der Waals surface area contributed by atoms with Crippen LogP contribution < -0.4 is 11.0 Å². The molecule has 120 valence electrons. The minimum Gasteiger partial charge on any atom is -0.478 e. The number of pyridine rings is 1. The Balaban J connectivity index is 1.81. The molecular weight excluding hydrogens is 306 g/mol. The van der Waals surface area contributed by atoms with Gasteiger partial charge in [-0.15, -0.1) is 0 Å². The number of H-pyrrole nitrogens is 1. The summed E-state index contributed by atoms with van der Waals surface area (Å²) in [6, 6.07) is 13.7. The van der Waals surface area contributed by atoms with Crippen molar-refractivity contribution in [1.82, 2.24) is 4.98 Å². The van der Waals surface area contributed by atoms with Crippen LogP contribution in [0.15, 0.2) is 58.4 Å². The molecule has 1 aromatic heterocycles. The number of aromatic carboxylic acids is 1. The van der Waals surface area contributed by atoms with E-state index >= 15 is 0 Å². The number of hydrogen-bond acceptors (Lipinski definition) is 4. The number of hydrazone groups is 1. The fourth-order valence-electron chi connectivity index (χ4n) is 2.36. The molecule has 0 unspecified atom stereocenters. The Kier molecular flexibility index (Phi) is 4.11. The Labute approximate surface area is 137 Å². The number of carboxylic acids is 1. The number of hydrogen-bond donors (Lipinski definition) is 3. The van der Waals surface area contributed by atoms with E-state index in [9.17, 15) is 9.59 Å². The molecule has 0 amide bonds. The van der Waals surface area contributed by atoms with Gasteiger partial charge in [-0.05, 0) is 48.2 Å². The average molecular weight is 321 g/mol. The quantitative estimate of drug-likeness (QED) is 0.508. The first kappa shape index (κ1) is 15.5. The summed E-state index contributed by atoms with van der Waals surface area (Å²) in [6.45, 7) is 1.94. The summed E-state index contributed by atoms with van der Waals surface area (Å²) in [5, 5.41) is 13.8. The van der Waals surface area contributed by atoms with E-state index in [-0.39, 0.29) is 11.1 Å². The molecular formula is C18H15N3O3. The van der Waals surface area contributed by atoms with Crippen LogP contribution in [0.5, 0.6) is 0 Å². The van der Waals surface area contributed by atoms with Crippen molar-refractivity contribution in [1.29, 1.82) is 0 Å². The highest BCUT2D eigenvalue weighted by molar-refractivity contribution is 5.89. The van der Waals surface area contributed by atoms with E-state index in [2.05, 4.69) is 15.5 Å². The SMILES string of the molecule is Cc1cccc2cc(C=NNc3ccc(C(=O)O)cc3)c(=O)[nH]c12. The zero-order chi connectivity index (χ0) is 17.1. The Morgan fingerprint density at radius 2 is 1.96 bits per heavy atom. The number of para-hydroxylation sites is 1. The van der Waals surface area contributed by atoms with Gasteiger partial charge in [-0.2, -0.15) is 5.10 Å². The molecule has 6 nitrogen and oxygen atoms in total. The lowest BCUT2D eigenvalue weighted by Gasteiger charge is -2.03. The van der Waals surface area contributed by atoms with Gasteiger partial charge >= 0.3 is 5.97 Å². The topological polar surface area (TPSA) is 94.5 Å². The van der Waals surface area contributed by atoms with Gasteiger partial charge < -0.3 is 10.1 Å². The van der Waals surface area contributed by atoms with E-state index < -0.39 is 5.97 Å². The number of rotatable bonds is 4. The molecule has 0 saturated carbocycles. The van der Waals surface area contributed by atoms with Gasteiger partial charge in [-0.1, -0.05) is 18.2 Å². The zero-order valence-electron chi connectivity index (χ0n) is 12.9. The number of aromatic amines is 1. The number of anilines is 1. The van der Waals surface area contributed by atoms with Crippen molar-refractivity contribution in [3.63, 3.8) is 0 Å². The maximum absolute atomic E-state index is 12.1. The van der Waals surface area contributed by atoms with E-state index in [4.69, 9.17) is 5.11 Å². The van der Waals surface area contributed by atoms with Crippen molar-refractivity contribution in [2.24, 2.45) is 5.10 Å². The van der Waals surface area contributed by atoms with Crippen LogP contribution in [0.1, 0.15) is 21.5 Å². The number of carbonyl (C=O) groups is 1. The fourth-order valence-corrected chi connectivity index (χ4v) is 2.36. The Morgan fingerprint density at radius 3 is 2.67 bits per heavy atom. The van der Waals surface area contributed by atoms with Crippen molar-refractivity contribution < 1.29 is 9.90 Å². The van der Waals surface area contributed by atoms with Crippen LogP contribution in [-0.2, 0) is 0 Å². The third-order valence-corrected chi connectivity index (χ3v) is 3.65. The number of fused-ring (bicyclic) bond motifs is 1. The highest BCUT2D eigenvalue weighted by Crippen LogP contribution is 2.14. The second kappa shape index (κ2) is 6.37. The second-order valence-corrected chi connectivity index (χ2v) is 5.35. The van der Waals surface area contributed by atoms with Crippen LogP contribution in [0.25, 0.3) is 10.9 Å². The molecule has 0 aliphatic rings. The van der Waals surface area contributed by atoms with Gasteiger partial charge in [0.1, 0.15) is 0 Å². The average Bonchev–Trinajstić information content (AvgIpc) is 2.57. The van der Waals surface area contributed by atoms with Crippen molar-refractivity contribution in [2.75, 3.05) is 5.43 Å². The van der Waals surface area contributed by atoms with Gasteiger partial charge in [0, 0.05) is 0 Å². The smallest absolute Gasteiger partial charge is 0.335 e. The monoisotopic (exact) mass is 321 g/mol. The molecule has 0 fully saturated rings. The normalized spacial score (nSPS) is 11.0. The summed E-state index contributed by atoms with van der Waals surface area (Å²) < 4.78 is 0. The van der Waals surface area contributed by atoms with Gasteiger partial charge in [0.25, 0.3) is 5.56 Å². The number of nitrogens with one attached hydrogen (secondary N) is 2. The molecule has 6 heteroatoms. The van der Waals surface area contributed by atoms with E-state index in [1.807, 2.05) is 25.1 Å². The molecule has 0 bridgehead atoms. The van der Waals surface area contributed by atoms with Gasteiger partial charge in [0.05, 0.1) is 28.5 Å². The standard InChI is InChI=1S/C18H15N3O3/c1-11-3-2-4-13-9-14(17(22)20-16(11)13)10-19-21-15-7-5-12(6-8-15)18(23)24/h2-10,21H,1H3,(H,20,22)(H,23,24). The summed E-state index contributed by atoms with van der Waals surface area (Å²) in [4.78, 5) is 25.8. The summed E-state index contributed by atoms with van der Waals surface area (Å²) >= 11 is 0. The molecule has 24 heavy (non-hydrogen) atoms. The number of benzene rings is 2. The maximum atomic E-state index is 12.1. The van der Waals surface area contributed by atoms with Crippen LogP contribution in [0.4, 0.5) is 5.69 Å². The van der Waals surface area contributed by atoms with Gasteiger partial charge in [0.15, 0.2) is 0 Å². The molecule has 1 heterocycles. The van der Waals surface area contributed by atoms with Crippen molar-refractivity contribution in [2.45, 2.75) is 6.92 Å². The highest BCUT2D eigenvalue weighted by atomic mass is 16.4. The minimum absolute atomic E-state index is 0.200. The second-order valence-electron chi connectivity index (χ2n) is 5.35. The number of aryl methyl sites for hydroxylation is 1. The van der Waals surface area contributed by atoms with E-state index in [1.165, 1.54) is 18.3 Å². The molecule has 0 aliphatic heterocycles. The highest BCUT2D eigenvalue weighted by Gasteiger charge is 2.03. The van der Waals surface area contributed by atoms with Crippen molar-refractivity contribution in [3.8, 4) is 0 Å². The van der Waals surface area contributed by atoms with Gasteiger partial charge in [-0.25, -0.2) is 4.79 Å². The predicted molar refractivity (Wildman–Crippen MR) is 93.9 cm³/mol. The molecule has 2 aromatic carbocycles. The Hall–Kier alpha value is -3.41. The molecule has 0 saturated heterocycles. The third kappa shape index (κ3) is 3.17. The van der Waals surface area contributed by atoms with Gasteiger partial charge in [-0.3, -0.25) is 10.2 Å². The number of nitrogens with zero attached hydrogens (tertiary/aromatic N) is 1.